The quantitative estimate of drug-likeness (QED) is 0.276. The van der Waals surface area contributed by atoms with E-state index in [1.807, 2.05) is 6.07 Å². The fourth-order valence-corrected chi connectivity index (χ4v) is 1.94. The Morgan fingerprint density at radius 1 is 0.778 bits per heavy atom. The van der Waals surface area contributed by atoms with Crippen LogP contribution in [0.4, 0.5) is 0 Å². The van der Waals surface area contributed by atoms with Gasteiger partial charge in [-0.05, 0) is 12.1 Å². The summed E-state index contributed by atoms with van der Waals surface area (Å²) in [6.45, 7) is 0. The molecule has 0 aliphatic heterocycles. The molecule has 0 radical (unpaired) electrons. The minimum Gasteiger partial charge on any atom is -0.504 e. The van der Waals surface area contributed by atoms with Crippen LogP contribution in [0.2, 0.25) is 0 Å². The molecule has 0 atom stereocenters. The summed E-state index contributed by atoms with van der Waals surface area (Å²) in [4.78, 5) is 4.16. The predicted octanol–water partition coefficient (Wildman–Crippen LogP) is 2.21. The molecule has 0 amide bonds. The third-order valence-corrected chi connectivity index (χ3v) is 2.88. The van der Waals surface area contributed by atoms with Crippen molar-refractivity contribution in [2.24, 2.45) is 0 Å². The van der Waals surface area contributed by atoms with Gasteiger partial charge in [-0.15, -0.1) is 0 Å². The van der Waals surface area contributed by atoms with Gasteiger partial charge in [-0.2, -0.15) is 0 Å². The maximum absolute atomic E-state index is 9.76. The zero-order chi connectivity index (χ0) is 12.9. The van der Waals surface area contributed by atoms with Crippen LogP contribution >= 0.6 is 0 Å². The average molecular weight is 243 g/mol. The lowest BCUT2D eigenvalue weighted by atomic mass is 10.1. The topological polar surface area (TPSA) is 93.8 Å². The van der Waals surface area contributed by atoms with Gasteiger partial charge in [-0.1, -0.05) is 18.2 Å². The molecule has 0 bridgehead atoms. The molecule has 0 saturated carbocycles. The van der Waals surface area contributed by atoms with Crippen molar-refractivity contribution in [1.82, 2.24) is 4.98 Å². The fourth-order valence-electron chi connectivity index (χ4n) is 1.94. The lowest BCUT2D eigenvalue weighted by Gasteiger charge is -2.09. The van der Waals surface area contributed by atoms with E-state index in [0.29, 0.717) is 5.52 Å². The van der Waals surface area contributed by atoms with Gasteiger partial charge in [-0.25, -0.2) is 4.98 Å². The molecular formula is C13H9NO4. The largest absolute Gasteiger partial charge is 0.504 e. The summed E-state index contributed by atoms with van der Waals surface area (Å²) in [6, 6.07) is 8.73. The first-order valence-electron chi connectivity index (χ1n) is 5.25. The van der Waals surface area contributed by atoms with Crippen LogP contribution in [0.3, 0.4) is 0 Å². The zero-order valence-corrected chi connectivity index (χ0v) is 9.12. The standard InChI is InChI=1S/C13H9NO4/c15-10-7-5-6-3-1-2-4-8(6)14-9(7)11(16)13(18)12(10)17/h1-5,15-18H. The molecule has 0 unspecified atom stereocenters. The molecule has 0 fully saturated rings. The molecule has 0 saturated heterocycles. The van der Waals surface area contributed by atoms with Gasteiger partial charge in [0.2, 0.25) is 11.5 Å². The van der Waals surface area contributed by atoms with E-state index in [0.717, 1.165) is 5.39 Å². The number of aromatic nitrogens is 1. The number of phenols is 4. The number of nitrogens with zero attached hydrogens (tertiary/aromatic N) is 1. The Hall–Kier alpha value is -2.69. The highest BCUT2D eigenvalue weighted by molar-refractivity contribution is 6.01. The van der Waals surface area contributed by atoms with Crippen LogP contribution in [0.5, 0.6) is 23.0 Å². The predicted molar refractivity (Wildman–Crippen MR) is 65.9 cm³/mol. The number of aromatic hydroxyl groups is 4. The second kappa shape index (κ2) is 3.40. The number of rotatable bonds is 0. The van der Waals surface area contributed by atoms with Crippen molar-refractivity contribution >= 4 is 21.8 Å². The van der Waals surface area contributed by atoms with Crippen molar-refractivity contribution in [3.05, 3.63) is 30.3 Å². The van der Waals surface area contributed by atoms with Crippen molar-refractivity contribution in [2.75, 3.05) is 0 Å². The highest BCUT2D eigenvalue weighted by Gasteiger charge is 2.19. The summed E-state index contributed by atoms with van der Waals surface area (Å²) < 4.78 is 0. The summed E-state index contributed by atoms with van der Waals surface area (Å²) in [5.41, 5.74) is 0.659. The van der Waals surface area contributed by atoms with Gasteiger partial charge >= 0.3 is 0 Å². The third-order valence-electron chi connectivity index (χ3n) is 2.88. The Kier molecular flexibility index (Phi) is 1.98. The normalized spacial score (nSPS) is 11.1. The van der Waals surface area contributed by atoms with E-state index < -0.39 is 23.0 Å². The summed E-state index contributed by atoms with van der Waals surface area (Å²) in [5.74, 6) is -2.58. The van der Waals surface area contributed by atoms with Crippen LogP contribution in [-0.2, 0) is 0 Å². The van der Waals surface area contributed by atoms with Gasteiger partial charge in [-0.3, -0.25) is 0 Å². The lowest BCUT2D eigenvalue weighted by molar-refractivity contribution is 0.350. The van der Waals surface area contributed by atoms with Crippen LogP contribution in [0, 0.1) is 0 Å². The molecule has 1 aromatic heterocycles. The van der Waals surface area contributed by atoms with Crippen LogP contribution in [0.25, 0.3) is 21.8 Å². The Morgan fingerprint density at radius 2 is 1.44 bits per heavy atom. The van der Waals surface area contributed by atoms with Gasteiger partial charge in [0.1, 0.15) is 5.52 Å². The molecule has 90 valence electrons. The summed E-state index contributed by atoms with van der Waals surface area (Å²) in [5, 5.41) is 39.4. The number of pyridine rings is 1. The van der Waals surface area contributed by atoms with Crippen molar-refractivity contribution in [2.45, 2.75) is 0 Å². The maximum atomic E-state index is 9.76. The summed E-state index contributed by atoms with van der Waals surface area (Å²) in [7, 11) is 0. The number of fused-ring (bicyclic) bond motifs is 2. The van der Waals surface area contributed by atoms with E-state index in [9.17, 15) is 20.4 Å². The van der Waals surface area contributed by atoms with E-state index in [1.54, 1.807) is 24.3 Å². The van der Waals surface area contributed by atoms with E-state index >= 15 is 0 Å². The average Bonchev–Trinajstić information content (AvgIpc) is 2.41. The van der Waals surface area contributed by atoms with Crippen molar-refractivity contribution in [3.8, 4) is 23.0 Å². The van der Waals surface area contributed by atoms with Crippen molar-refractivity contribution in [1.29, 1.82) is 0 Å². The van der Waals surface area contributed by atoms with Crippen LogP contribution in [0.1, 0.15) is 0 Å². The van der Waals surface area contributed by atoms with Crippen molar-refractivity contribution in [3.63, 3.8) is 0 Å². The second-order valence-electron chi connectivity index (χ2n) is 3.97. The molecule has 0 aliphatic carbocycles. The van der Waals surface area contributed by atoms with E-state index in [2.05, 4.69) is 4.98 Å². The van der Waals surface area contributed by atoms with Gasteiger partial charge < -0.3 is 20.4 Å². The van der Waals surface area contributed by atoms with E-state index in [-0.39, 0.29) is 10.9 Å². The van der Waals surface area contributed by atoms with Crippen LogP contribution in [-0.4, -0.2) is 25.4 Å². The van der Waals surface area contributed by atoms with Crippen molar-refractivity contribution < 1.29 is 20.4 Å². The first kappa shape index (κ1) is 10.5. The molecule has 0 aliphatic rings. The molecule has 4 N–H and O–H groups in total. The lowest BCUT2D eigenvalue weighted by Crippen LogP contribution is -1.85. The zero-order valence-electron chi connectivity index (χ0n) is 9.12. The number of benzene rings is 2. The molecule has 5 heteroatoms. The monoisotopic (exact) mass is 243 g/mol. The summed E-state index contributed by atoms with van der Waals surface area (Å²) in [6.07, 6.45) is 0. The minimum atomic E-state index is -0.775. The van der Waals surface area contributed by atoms with Gasteiger partial charge in [0, 0.05) is 5.39 Å². The molecule has 18 heavy (non-hydrogen) atoms. The number of hydrogen-bond donors (Lipinski definition) is 4. The highest BCUT2D eigenvalue weighted by Crippen LogP contribution is 2.48. The van der Waals surface area contributed by atoms with Crippen LogP contribution < -0.4 is 0 Å². The van der Waals surface area contributed by atoms with Crippen LogP contribution in [0.15, 0.2) is 30.3 Å². The maximum Gasteiger partial charge on any atom is 0.206 e. The fraction of sp³-hybridized carbons (Fsp3) is 0. The first-order chi connectivity index (χ1) is 8.59. The Labute approximate surface area is 101 Å². The highest BCUT2D eigenvalue weighted by atomic mass is 16.3. The molecule has 5 nitrogen and oxygen atoms in total. The van der Waals surface area contributed by atoms with Gasteiger partial charge in [0.15, 0.2) is 11.5 Å². The van der Waals surface area contributed by atoms with Gasteiger partial charge in [0.05, 0.1) is 10.9 Å². The molecular weight excluding hydrogens is 234 g/mol. The molecule has 3 aromatic rings. The van der Waals surface area contributed by atoms with E-state index in [4.69, 9.17) is 0 Å². The smallest absolute Gasteiger partial charge is 0.206 e. The second-order valence-corrected chi connectivity index (χ2v) is 3.97. The summed E-state index contributed by atoms with van der Waals surface area (Å²) >= 11 is 0. The molecule has 3 rings (SSSR count). The SMILES string of the molecule is Oc1c(O)c(O)c2nc3ccccc3cc2c1O. The molecule has 1 heterocycles. The number of hydrogen-bond acceptors (Lipinski definition) is 5. The number of phenolic OH excluding ortho intramolecular Hbond substituents is 4. The molecule has 2 aromatic carbocycles. The first-order valence-corrected chi connectivity index (χ1v) is 5.25. The Bertz CT molecular complexity index is 717. The van der Waals surface area contributed by atoms with E-state index in [1.165, 1.54) is 0 Å². The third kappa shape index (κ3) is 1.24. The van der Waals surface area contributed by atoms with Gasteiger partial charge in [0.25, 0.3) is 0 Å². The molecule has 0 spiro atoms. The minimum absolute atomic E-state index is 0.0431. The Balaban J connectivity index is 2.58. The Morgan fingerprint density at radius 3 is 2.22 bits per heavy atom. The number of para-hydroxylation sites is 1.